The number of rotatable bonds is 4. The smallest absolute Gasteiger partial charge is 0.310 e. The minimum atomic E-state index is -0.784. The molecule has 1 N–H and O–H groups in total. The Bertz CT molecular complexity index is 380. The van der Waals surface area contributed by atoms with Crippen LogP contribution in [0.1, 0.15) is 40.5 Å². The van der Waals surface area contributed by atoms with Gasteiger partial charge in [-0.15, -0.1) is 0 Å². The van der Waals surface area contributed by atoms with Gasteiger partial charge in [-0.2, -0.15) is 5.26 Å². The van der Waals surface area contributed by atoms with Crippen molar-refractivity contribution in [2.24, 2.45) is 5.41 Å². The van der Waals surface area contributed by atoms with Crippen LogP contribution in [0.4, 0.5) is 4.79 Å². The Kier molecular flexibility index (Phi) is 3.46. The highest BCUT2D eigenvalue weighted by atomic mass is 16.2. The molecule has 0 saturated carbocycles. The molecule has 0 radical (unpaired) electrons. The molecule has 1 heterocycles. The van der Waals surface area contributed by atoms with E-state index in [9.17, 15) is 9.59 Å². The summed E-state index contributed by atoms with van der Waals surface area (Å²) >= 11 is 0. The van der Waals surface area contributed by atoms with Crippen LogP contribution in [0, 0.1) is 16.7 Å². The van der Waals surface area contributed by atoms with Gasteiger partial charge >= 0.3 is 6.03 Å². The highest BCUT2D eigenvalue weighted by Crippen LogP contribution is 2.25. The normalized spacial score (nSPS) is 19.1. The monoisotopic (exact) mass is 237 g/mol. The summed E-state index contributed by atoms with van der Waals surface area (Å²) in [6.07, 6.45) is 1.42. The van der Waals surface area contributed by atoms with Gasteiger partial charge in [-0.25, -0.2) is 4.79 Å². The van der Waals surface area contributed by atoms with Crippen molar-refractivity contribution in [2.45, 2.75) is 46.1 Å². The topological polar surface area (TPSA) is 73.2 Å². The van der Waals surface area contributed by atoms with Crippen LogP contribution in [0.3, 0.4) is 0 Å². The van der Waals surface area contributed by atoms with E-state index in [4.69, 9.17) is 5.26 Å². The van der Waals surface area contributed by atoms with Crippen LogP contribution in [-0.4, -0.2) is 28.9 Å². The molecule has 0 spiro atoms. The second kappa shape index (κ2) is 4.36. The number of hydrogen-bond donors (Lipinski definition) is 1. The van der Waals surface area contributed by atoms with E-state index < -0.39 is 5.54 Å². The molecule has 5 heteroatoms. The number of carbonyl (C=O) groups excluding carboxylic acids is 2. The molecule has 1 aliphatic rings. The molecule has 1 saturated heterocycles. The quantitative estimate of drug-likeness (QED) is 0.755. The standard InChI is InChI=1S/C12H19N3O2/c1-11(2,8-13)6-5-7-15-10(17)14-9(16)12(15,3)4/h5-7H2,1-4H3,(H,14,16,17). The van der Waals surface area contributed by atoms with Gasteiger partial charge in [0.2, 0.25) is 0 Å². The van der Waals surface area contributed by atoms with Crippen molar-refractivity contribution in [3.63, 3.8) is 0 Å². The summed E-state index contributed by atoms with van der Waals surface area (Å²) in [5, 5.41) is 11.2. The number of carbonyl (C=O) groups is 2. The van der Waals surface area contributed by atoms with Gasteiger partial charge in [0.25, 0.3) is 5.91 Å². The lowest BCUT2D eigenvalue weighted by molar-refractivity contribution is -0.125. The van der Waals surface area contributed by atoms with E-state index in [0.29, 0.717) is 19.4 Å². The Morgan fingerprint density at radius 3 is 2.41 bits per heavy atom. The van der Waals surface area contributed by atoms with Crippen LogP contribution in [0.25, 0.3) is 0 Å². The fraction of sp³-hybridized carbons (Fsp3) is 0.750. The molecule has 0 aromatic carbocycles. The van der Waals surface area contributed by atoms with Crippen molar-refractivity contribution in [3.8, 4) is 6.07 Å². The van der Waals surface area contributed by atoms with Gasteiger partial charge in [0.15, 0.2) is 0 Å². The maximum atomic E-state index is 11.6. The molecule has 0 atom stereocenters. The molecule has 94 valence electrons. The van der Waals surface area contributed by atoms with Crippen LogP contribution in [0.2, 0.25) is 0 Å². The minimum absolute atomic E-state index is 0.262. The second-order valence-corrected chi connectivity index (χ2v) is 5.57. The number of amides is 3. The first-order valence-electron chi connectivity index (χ1n) is 5.75. The van der Waals surface area contributed by atoms with Gasteiger partial charge in [0, 0.05) is 6.54 Å². The zero-order valence-corrected chi connectivity index (χ0v) is 10.8. The van der Waals surface area contributed by atoms with Gasteiger partial charge in [-0.05, 0) is 40.5 Å². The molecule has 1 aliphatic heterocycles. The number of urea groups is 1. The van der Waals surface area contributed by atoms with Crippen molar-refractivity contribution in [1.29, 1.82) is 5.26 Å². The summed E-state index contributed by atoms with van der Waals surface area (Å²) in [5.41, 5.74) is -1.17. The SMILES string of the molecule is CC(C)(C#N)CCCN1C(=O)NC(=O)C1(C)C. The van der Waals surface area contributed by atoms with E-state index in [-0.39, 0.29) is 17.4 Å². The Morgan fingerprint density at radius 1 is 1.41 bits per heavy atom. The van der Waals surface area contributed by atoms with Crippen molar-refractivity contribution in [2.75, 3.05) is 6.54 Å². The second-order valence-electron chi connectivity index (χ2n) is 5.57. The summed E-state index contributed by atoms with van der Waals surface area (Å²) in [6.45, 7) is 7.68. The van der Waals surface area contributed by atoms with Gasteiger partial charge in [-0.3, -0.25) is 10.1 Å². The Balaban J connectivity index is 2.56. The highest BCUT2D eigenvalue weighted by molar-refractivity contribution is 6.06. The zero-order valence-electron chi connectivity index (χ0n) is 10.8. The summed E-state index contributed by atoms with van der Waals surface area (Å²) in [4.78, 5) is 24.6. The van der Waals surface area contributed by atoms with Crippen molar-refractivity contribution < 1.29 is 9.59 Å². The Morgan fingerprint density at radius 2 is 2.00 bits per heavy atom. The van der Waals surface area contributed by atoms with Gasteiger partial charge in [0.05, 0.1) is 11.5 Å². The first kappa shape index (κ1) is 13.5. The average molecular weight is 237 g/mol. The fourth-order valence-electron chi connectivity index (χ4n) is 1.81. The third kappa shape index (κ3) is 2.76. The third-order valence-corrected chi connectivity index (χ3v) is 3.18. The predicted octanol–water partition coefficient (Wildman–Crippen LogP) is 1.65. The average Bonchev–Trinajstić information content (AvgIpc) is 2.40. The van der Waals surface area contributed by atoms with Gasteiger partial charge < -0.3 is 4.90 Å². The van der Waals surface area contributed by atoms with E-state index in [0.717, 1.165) is 0 Å². The zero-order chi connectivity index (χ0) is 13.3. The molecule has 1 rings (SSSR count). The maximum Gasteiger partial charge on any atom is 0.324 e. The van der Waals surface area contributed by atoms with E-state index in [1.54, 1.807) is 13.8 Å². The van der Waals surface area contributed by atoms with Crippen LogP contribution >= 0.6 is 0 Å². The van der Waals surface area contributed by atoms with Crippen LogP contribution in [0.5, 0.6) is 0 Å². The van der Waals surface area contributed by atoms with E-state index in [2.05, 4.69) is 11.4 Å². The lowest BCUT2D eigenvalue weighted by atomic mass is 9.89. The molecule has 0 unspecified atom stereocenters. The van der Waals surface area contributed by atoms with Gasteiger partial charge in [0.1, 0.15) is 5.54 Å². The molecular weight excluding hydrogens is 218 g/mol. The van der Waals surface area contributed by atoms with Gasteiger partial charge in [-0.1, -0.05) is 0 Å². The van der Waals surface area contributed by atoms with Crippen molar-refractivity contribution in [3.05, 3.63) is 0 Å². The largest absolute Gasteiger partial charge is 0.324 e. The number of imide groups is 1. The number of nitrogens with zero attached hydrogens (tertiary/aromatic N) is 2. The summed E-state index contributed by atoms with van der Waals surface area (Å²) in [5.74, 6) is -0.262. The molecule has 0 bridgehead atoms. The van der Waals surface area contributed by atoms with E-state index in [1.807, 2.05) is 13.8 Å². The van der Waals surface area contributed by atoms with Crippen molar-refractivity contribution in [1.82, 2.24) is 10.2 Å². The maximum absolute atomic E-state index is 11.6. The number of nitrogens with one attached hydrogen (secondary N) is 1. The van der Waals surface area contributed by atoms with Crippen molar-refractivity contribution >= 4 is 11.9 Å². The number of hydrogen-bond acceptors (Lipinski definition) is 3. The first-order chi connectivity index (χ1) is 7.70. The first-order valence-corrected chi connectivity index (χ1v) is 5.75. The number of nitriles is 1. The third-order valence-electron chi connectivity index (χ3n) is 3.18. The summed E-state index contributed by atoms with van der Waals surface area (Å²) < 4.78 is 0. The lowest BCUT2D eigenvalue weighted by Crippen LogP contribution is -2.44. The van der Waals surface area contributed by atoms with E-state index in [1.165, 1.54) is 4.90 Å². The minimum Gasteiger partial charge on any atom is -0.310 e. The molecular formula is C12H19N3O2. The molecule has 3 amide bonds. The highest BCUT2D eigenvalue weighted by Gasteiger charge is 2.45. The van der Waals surface area contributed by atoms with Crippen LogP contribution in [-0.2, 0) is 4.79 Å². The molecule has 0 aromatic heterocycles. The predicted molar refractivity (Wildman–Crippen MR) is 63.0 cm³/mol. The molecule has 1 fully saturated rings. The summed E-state index contributed by atoms with van der Waals surface area (Å²) in [7, 11) is 0. The van der Waals surface area contributed by atoms with Crippen LogP contribution in [0.15, 0.2) is 0 Å². The molecule has 17 heavy (non-hydrogen) atoms. The van der Waals surface area contributed by atoms with E-state index >= 15 is 0 Å². The molecule has 0 aromatic rings. The fourth-order valence-corrected chi connectivity index (χ4v) is 1.81. The lowest BCUT2D eigenvalue weighted by Gasteiger charge is -2.28. The summed E-state index contributed by atoms with van der Waals surface area (Å²) in [6, 6.07) is 1.88. The molecule has 5 nitrogen and oxygen atoms in total. The Hall–Kier alpha value is -1.57. The van der Waals surface area contributed by atoms with Crippen LogP contribution < -0.4 is 5.32 Å². The Labute approximate surface area is 102 Å². The molecule has 0 aliphatic carbocycles.